The molecule has 3 heteroatoms. The van der Waals surface area contributed by atoms with Gasteiger partial charge in [0.05, 0.1) is 5.56 Å². The first-order valence-electron chi connectivity index (χ1n) is 4.71. The lowest BCUT2D eigenvalue weighted by atomic mass is 10.1. The zero-order valence-corrected chi connectivity index (χ0v) is 9.77. The third-order valence-electron chi connectivity index (χ3n) is 2.37. The standard InChI is InChI=1S/C12H12O2S/c1-7-6-10-11(15-3)5-4-9(8(2)13)12(10)14-7/h4-6H,1-3H3. The van der Waals surface area contributed by atoms with E-state index in [1.165, 1.54) is 0 Å². The smallest absolute Gasteiger partial charge is 0.163 e. The fourth-order valence-electron chi connectivity index (χ4n) is 1.68. The average Bonchev–Trinajstić information content (AvgIpc) is 2.56. The lowest BCUT2D eigenvalue weighted by molar-refractivity contribution is 0.101. The van der Waals surface area contributed by atoms with Crippen molar-refractivity contribution in [2.45, 2.75) is 18.7 Å². The monoisotopic (exact) mass is 220 g/mol. The highest BCUT2D eigenvalue weighted by Crippen LogP contribution is 2.31. The van der Waals surface area contributed by atoms with E-state index < -0.39 is 0 Å². The number of hydrogen-bond donors (Lipinski definition) is 0. The number of benzene rings is 1. The SMILES string of the molecule is CSc1ccc(C(C)=O)c2oc(C)cc12. The van der Waals surface area contributed by atoms with E-state index >= 15 is 0 Å². The summed E-state index contributed by atoms with van der Waals surface area (Å²) in [5.74, 6) is 0.885. The van der Waals surface area contributed by atoms with Crippen LogP contribution in [-0.4, -0.2) is 12.0 Å². The predicted octanol–water partition coefficient (Wildman–Crippen LogP) is 3.67. The molecular weight excluding hydrogens is 208 g/mol. The van der Waals surface area contributed by atoms with Gasteiger partial charge in [-0.1, -0.05) is 0 Å². The maximum absolute atomic E-state index is 11.4. The van der Waals surface area contributed by atoms with Crippen LogP contribution in [0.15, 0.2) is 27.5 Å². The van der Waals surface area contributed by atoms with Crippen LogP contribution in [0.25, 0.3) is 11.0 Å². The summed E-state index contributed by atoms with van der Waals surface area (Å²) in [6.07, 6.45) is 2.02. The zero-order chi connectivity index (χ0) is 11.0. The second kappa shape index (κ2) is 3.74. The Labute approximate surface area is 92.7 Å². The molecule has 0 aliphatic rings. The lowest BCUT2D eigenvalue weighted by Gasteiger charge is -2.01. The van der Waals surface area contributed by atoms with Crippen LogP contribution in [-0.2, 0) is 0 Å². The Kier molecular flexibility index (Phi) is 2.57. The van der Waals surface area contributed by atoms with E-state index in [1.54, 1.807) is 18.7 Å². The molecule has 0 saturated heterocycles. The second-order valence-corrected chi connectivity index (χ2v) is 4.32. The molecule has 0 aliphatic carbocycles. The van der Waals surface area contributed by atoms with Gasteiger partial charge in [-0.05, 0) is 38.3 Å². The maximum Gasteiger partial charge on any atom is 0.163 e. The topological polar surface area (TPSA) is 30.2 Å². The Hall–Kier alpha value is -1.22. The van der Waals surface area contributed by atoms with Gasteiger partial charge in [0.15, 0.2) is 5.78 Å². The summed E-state index contributed by atoms with van der Waals surface area (Å²) in [6, 6.07) is 5.78. The molecule has 0 amide bonds. The minimum atomic E-state index is 0.0435. The van der Waals surface area contributed by atoms with E-state index in [1.807, 2.05) is 31.4 Å². The minimum Gasteiger partial charge on any atom is -0.461 e. The van der Waals surface area contributed by atoms with Crippen molar-refractivity contribution in [3.8, 4) is 0 Å². The van der Waals surface area contributed by atoms with Crippen molar-refractivity contribution in [1.82, 2.24) is 0 Å². The van der Waals surface area contributed by atoms with E-state index in [9.17, 15) is 4.79 Å². The van der Waals surface area contributed by atoms with E-state index in [-0.39, 0.29) is 5.78 Å². The second-order valence-electron chi connectivity index (χ2n) is 3.47. The zero-order valence-electron chi connectivity index (χ0n) is 8.96. The first kappa shape index (κ1) is 10.3. The molecule has 1 heterocycles. The van der Waals surface area contributed by atoms with Crippen LogP contribution >= 0.6 is 11.8 Å². The van der Waals surface area contributed by atoms with Gasteiger partial charge in [0, 0.05) is 10.3 Å². The molecule has 0 bridgehead atoms. The van der Waals surface area contributed by atoms with Crippen LogP contribution in [0.4, 0.5) is 0 Å². The molecule has 0 atom stereocenters. The number of thioether (sulfide) groups is 1. The Morgan fingerprint density at radius 3 is 2.73 bits per heavy atom. The minimum absolute atomic E-state index is 0.0435. The summed E-state index contributed by atoms with van der Waals surface area (Å²) in [4.78, 5) is 12.5. The van der Waals surface area contributed by atoms with Crippen LogP contribution in [0, 0.1) is 6.92 Å². The van der Waals surface area contributed by atoms with Gasteiger partial charge in [0.1, 0.15) is 11.3 Å². The van der Waals surface area contributed by atoms with Crippen molar-refractivity contribution in [3.05, 3.63) is 29.5 Å². The number of Topliss-reactive ketones (excluding diaryl/α,β-unsaturated/α-hetero) is 1. The number of fused-ring (bicyclic) bond motifs is 1. The number of carbonyl (C=O) groups is 1. The Bertz CT molecular complexity index is 526. The number of aryl methyl sites for hydroxylation is 1. The van der Waals surface area contributed by atoms with Gasteiger partial charge in [-0.25, -0.2) is 0 Å². The van der Waals surface area contributed by atoms with Gasteiger partial charge in [0.2, 0.25) is 0 Å². The summed E-state index contributed by atoms with van der Waals surface area (Å²) >= 11 is 1.66. The number of furan rings is 1. The van der Waals surface area contributed by atoms with Crippen molar-refractivity contribution >= 4 is 28.5 Å². The van der Waals surface area contributed by atoms with Gasteiger partial charge < -0.3 is 4.42 Å². The molecule has 15 heavy (non-hydrogen) atoms. The van der Waals surface area contributed by atoms with Crippen LogP contribution < -0.4 is 0 Å². The third-order valence-corrected chi connectivity index (χ3v) is 3.16. The van der Waals surface area contributed by atoms with E-state index in [0.717, 1.165) is 16.0 Å². The highest BCUT2D eigenvalue weighted by Gasteiger charge is 2.12. The third kappa shape index (κ3) is 1.67. The van der Waals surface area contributed by atoms with Crippen molar-refractivity contribution < 1.29 is 9.21 Å². The normalized spacial score (nSPS) is 10.9. The van der Waals surface area contributed by atoms with E-state index in [0.29, 0.717) is 11.1 Å². The molecule has 0 saturated carbocycles. The molecule has 78 valence electrons. The first-order valence-corrected chi connectivity index (χ1v) is 5.94. The van der Waals surface area contributed by atoms with Gasteiger partial charge >= 0.3 is 0 Å². The summed E-state index contributed by atoms with van der Waals surface area (Å²) in [6.45, 7) is 3.46. The molecule has 0 aliphatic heterocycles. The van der Waals surface area contributed by atoms with E-state index in [4.69, 9.17) is 4.42 Å². The lowest BCUT2D eigenvalue weighted by Crippen LogP contribution is -1.92. The molecule has 0 unspecified atom stereocenters. The van der Waals surface area contributed by atoms with Gasteiger partial charge in [-0.2, -0.15) is 0 Å². The van der Waals surface area contributed by atoms with Crippen molar-refractivity contribution in [2.75, 3.05) is 6.26 Å². The number of carbonyl (C=O) groups excluding carboxylic acids is 1. The van der Waals surface area contributed by atoms with Crippen LogP contribution in [0.3, 0.4) is 0 Å². The predicted molar refractivity (Wildman–Crippen MR) is 62.7 cm³/mol. The molecule has 0 N–H and O–H groups in total. The van der Waals surface area contributed by atoms with Crippen LogP contribution in [0.1, 0.15) is 23.0 Å². The van der Waals surface area contributed by atoms with Crippen LogP contribution in [0.2, 0.25) is 0 Å². The maximum atomic E-state index is 11.4. The summed E-state index contributed by atoms with van der Waals surface area (Å²) in [7, 11) is 0. The average molecular weight is 220 g/mol. The molecular formula is C12H12O2S. The van der Waals surface area contributed by atoms with Gasteiger partial charge in [-0.3, -0.25) is 4.79 Å². The molecule has 0 spiro atoms. The molecule has 1 aromatic heterocycles. The molecule has 2 nitrogen and oxygen atoms in total. The highest BCUT2D eigenvalue weighted by atomic mass is 32.2. The Balaban J connectivity index is 2.82. The quantitative estimate of drug-likeness (QED) is 0.571. The van der Waals surface area contributed by atoms with Gasteiger partial charge in [0.25, 0.3) is 0 Å². The fourth-order valence-corrected chi connectivity index (χ4v) is 2.25. The first-order chi connectivity index (χ1) is 7.13. The number of hydrogen-bond acceptors (Lipinski definition) is 3. The highest BCUT2D eigenvalue weighted by molar-refractivity contribution is 7.98. The van der Waals surface area contributed by atoms with Crippen molar-refractivity contribution in [3.63, 3.8) is 0 Å². The molecule has 2 aromatic rings. The van der Waals surface area contributed by atoms with Gasteiger partial charge in [-0.15, -0.1) is 11.8 Å². The van der Waals surface area contributed by atoms with Crippen LogP contribution in [0.5, 0.6) is 0 Å². The Morgan fingerprint density at radius 1 is 1.40 bits per heavy atom. The summed E-state index contributed by atoms with van der Waals surface area (Å²) in [5, 5.41) is 1.03. The Morgan fingerprint density at radius 2 is 2.13 bits per heavy atom. The van der Waals surface area contributed by atoms with Crippen molar-refractivity contribution in [1.29, 1.82) is 0 Å². The fraction of sp³-hybridized carbons (Fsp3) is 0.250. The molecule has 2 rings (SSSR count). The van der Waals surface area contributed by atoms with Crippen molar-refractivity contribution in [2.24, 2.45) is 0 Å². The largest absolute Gasteiger partial charge is 0.461 e. The molecule has 0 fully saturated rings. The van der Waals surface area contributed by atoms with E-state index in [2.05, 4.69) is 0 Å². The summed E-state index contributed by atoms with van der Waals surface area (Å²) < 4.78 is 5.57. The molecule has 1 aromatic carbocycles. The number of rotatable bonds is 2. The number of ketones is 1. The summed E-state index contributed by atoms with van der Waals surface area (Å²) in [5.41, 5.74) is 1.38. The molecule has 0 radical (unpaired) electrons.